The fourth-order valence-electron chi connectivity index (χ4n) is 3.65. The molecule has 1 aromatic heterocycles. The van der Waals surface area contributed by atoms with Gasteiger partial charge in [-0.05, 0) is 63.1 Å². The first-order valence-electron chi connectivity index (χ1n) is 12.1. The van der Waals surface area contributed by atoms with Gasteiger partial charge in [0.05, 0.1) is 38.9 Å². The third-order valence-corrected chi connectivity index (χ3v) is 6.64. The number of benzene rings is 2. The maximum Gasteiger partial charge on any atom is 0.232 e. The van der Waals surface area contributed by atoms with Crippen LogP contribution < -0.4 is 24.3 Å². The summed E-state index contributed by atoms with van der Waals surface area (Å²) < 4.78 is 40.3. The molecule has 0 radical (unpaired) electrons. The Morgan fingerprint density at radius 1 is 0.973 bits per heavy atom. The van der Waals surface area contributed by atoms with Crippen LogP contribution in [0.3, 0.4) is 0 Å². The summed E-state index contributed by atoms with van der Waals surface area (Å²) in [6, 6.07) is 11.1. The molecule has 10 heteroatoms. The van der Waals surface area contributed by atoms with Crippen molar-refractivity contribution < 1.29 is 32.4 Å². The lowest BCUT2D eigenvalue weighted by molar-refractivity contribution is -0.118. The SMILES string of the molecule is CCOc1ccc(CCNC(=O)C[S@@](=O)Cc2nc(-c3ccc(OC)c(OC)c3)oc2C)cc1OCC. The maximum atomic E-state index is 12.7. The van der Waals surface area contributed by atoms with E-state index in [1.807, 2.05) is 38.1 Å². The Bertz CT molecular complexity index is 1230. The first kappa shape index (κ1) is 28.0. The van der Waals surface area contributed by atoms with Gasteiger partial charge >= 0.3 is 0 Å². The lowest BCUT2D eigenvalue weighted by atomic mass is 10.1. The summed E-state index contributed by atoms with van der Waals surface area (Å²) in [7, 11) is 1.68. The molecular formula is C27H34N2O7S. The van der Waals surface area contributed by atoms with Crippen LogP contribution >= 0.6 is 0 Å². The van der Waals surface area contributed by atoms with Gasteiger partial charge < -0.3 is 28.7 Å². The van der Waals surface area contributed by atoms with Crippen molar-refractivity contribution in [3.05, 3.63) is 53.4 Å². The summed E-state index contributed by atoms with van der Waals surface area (Å²) in [5, 5.41) is 2.83. The molecule has 0 aliphatic heterocycles. The van der Waals surface area contributed by atoms with Gasteiger partial charge in [-0.2, -0.15) is 0 Å². The quantitative estimate of drug-likeness (QED) is 0.332. The number of oxazole rings is 1. The van der Waals surface area contributed by atoms with E-state index < -0.39 is 10.8 Å². The smallest absolute Gasteiger partial charge is 0.232 e. The number of aryl methyl sites for hydroxylation is 1. The number of rotatable bonds is 14. The molecule has 1 atom stereocenters. The lowest BCUT2D eigenvalue weighted by Gasteiger charge is -2.12. The zero-order chi connectivity index (χ0) is 26.8. The Labute approximate surface area is 219 Å². The average molecular weight is 531 g/mol. The second-order valence-corrected chi connectivity index (χ2v) is 9.52. The van der Waals surface area contributed by atoms with E-state index in [1.54, 1.807) is 33.3 Å². The number of amides is 1. The molecule has 200 valence electrons. The molecule has 0 saturated carbocycles. The van der Waals surface area contributed by atoms with Crippen LogP contribution in [0.25, 0.3) is 11.5 Å². The highest BCUT2D eigenvalue weighted by Gasteiger charge is 2.17. The Balaban J connectivity index is 1.52. The second kappa shape index (κ2) is 13.7. The molecule has 0 fully saturated rings. The highest BCUT2D eigenvalue weighted by molar-refractivity contribution is 7.84. The first-order valence-corrected chi connectivity index (χ1v) is 13.6. The van der Waals surface area contributed by atoms with Crippen molar-refractivity contribution in [3.63, 3.8) is 0 Å². The number of nitrogens with zero attached hydrogens (tertiary/aromatic N) is 1. The Hall–Kier alpha value is -3.53. The highest BCUT2D eigenvalue weighted by Crippen LogP contribution is 2.33. The van der Waals surface area contributed by atoms with Crippen LogP contribution in [0.2, 0.25) is 0 Å². The molecule has 2 aromatic carbocycles. The molecule has 3 rings (SSSR count). The van der Waals surface area contributed by atoms with Gasteiger partial charge in [0.1, 0.15) is 11.5 Å². The number of hydrogen-bond acceptors (Lipinski definition) is 8. The van der Waals surface area contributed by atoms with Crippen molar-refractivity contribution in [3.8, 4) is 34.5 Å². The molecule has 1 N–H and O–H groups in total. The van der Waals surface area contributed by atoms with Crippen LogP contribution in [0.15, 0.2) is 40.8 Å². The molecule has 37 heavy (non-hydrogen) atoms. The summed E-state index contributed by atoms with van der Waals surface area (Å²) in [4.78, 5) is 16.9. The van der Waals surface area contributed by atoms with Crippen LogP contribution in [-0.4, -0.2) is 54.8 Å². The van der Waals surface area contributed by atoms with E-state index >= 15 is 0 Å². The monoisotopic (exact) mass is 530 g/mol. The molecule has 1 amide bonds. The zero-order valence-electron chi connectivity index (χ0n) is 21.9. The third-order valence-electron chi connectivity index (χ3n) is 5.46. The summed E-state index contributed by atoms with van der Waals surface area (Å²) in [6.45, 7) is 7.11. The van der Waals surface area contributed by atoms with Gasteiger partial charge in [0.15, 0.2) is 23.0 Å². The third kappa shape index (κ3) is 7.72. The van der Waals surface area contributed by atoms with Gasteiger partial charge in [-0.1, -0.05) is 6.07 Å². The summed E-state index contributed by atoms with van der Waals surface area (Å²) in [5.41, 5.74) is 2.26. The van der Waals surface area contributed by atoms with Gasteiger partial charge in [-0.25, -0.2) is 4.98 Å². The number of hydrogen-bond donors (Lipinski definition) is 1. The van der Waals surface area contributed by atoms with Crippen molar-refractivity contribution in [2.24, 2.45) is 0 Å². The van der Waals surface area contributed by atoms with Crippen molar-refractivity contribution in [2.45, 2.75) is 32.9 Å². The van der Waals surface area contributed by atoms with Gasteiger partial charge in [0.25, 0.3) is 0 Å². The number of ether oxygens (including phenoxy) is 4. The second-order valence-electron chi connectivity index (χ2n) is 8.07. The number of carbonyl (C=O) groups excluding carboxylic acids is 1. The van der Waals surface area contributed by atoms with Crippen LogP contribution in [0.5, 0.6) is 23.0 Å². The number of nitrogens with one attached hydrogen (secondary N) is 1. The first-order chi connectivity index (χ1) is 17.9. The molecule has 3 aromatic rings. The number of aromatic nitrogens is 1. The molecule has 0 aliphatic carbocycles. The van der Waals surface area contributed by atoms with E-state index in [0.29, 0.717) is 72.1 Å². The van der Waals surface area contributed by atoms with Gasteiger partial charge in [-0.3, -0.25) is 9.00 Å². The summed E-state index contributed by atoms with van der Waals surface area (Å²) >= 11 is 0. The largest absolute Gasteiger partial charge is 0.493 e. The van der Waals surface area contributed by atoms with Gasteiger partial charge in [0, 0.05) is 22.9 Å². The fourth-order valence-corrected chi connectivity index (χ4v) is 4.72. The molecular weight excluding hydrogens is 496 g/mol. The Kier molecular flexibility index (Phi) is 10.4. The normalized spacial score (nSPS) is 11.6. The van der Waals surface area contributed by atoms with Crippen molar-refractivity contribution in [2.75, 3.05) is 39.7 Å². The molecule has 0 aliphatic rings. The average Bonchev–Trinajstić information content (AvgIpc) is 3.24. The Morgan fingerprint density at radius 2 is 1.68 bits per heavy atom. The van der Waals surface area contributed by atoms with E-state index in [-0.39, 0.29) is 17.4 Å². The van der Waals surface area contributed by atoms with E-state index in [2.05, 4.69) is 10.3 Å². The predicted octanol–water partition coefficient (Wildman–Crippen LogP) is 4.07. The molecule has 0 bridgehead atoms. The predicted molar refractivity (Wildman–Crippen MR) is 142 cm³/mol. The van der Waals surface area contributed by atoms with Crippen LogP contribution in [-0.2, 0) is 27.8 Å². The molecule has 0 spiro atoms. The van der Waals surface area contributed by atoms with Crippen LogP contribution in [0, 0.1) is 6.92 Å². The van der Waals surface area contributed by atoms with E-state index in [4.69, 9.17) is 23.4 Å². The fraction of sp³-hybridized carbons (Fsp3) is 0.407. The minimum absolute atomic E-state index is 0.118. The van der Waals surface area contributed by atoms with E-state index in [9.17, 15) is 9.00 Å². The molecule has 9 nitrogen and oxygen atoms in total. The number of methoxy groups -OCH3 is 2. The van der Waals surface area contributed by atoms with Crippen LogP contribution in [0.1, 0.15) is 30.9 Å². The van der Waals surface area contributed by atoms with E-state index in [1.165, 1.54) is 0 Å². The van der Waals surface area contributed by atoms with Gasteiger partial charge in [-0.15, -0.1) is 0 Å². The summed E-state index contributed by atoms with van der Waals surface area (Å²) in [6.07, 6.45) is 0.613. The highest BCUT2D eigenvalue weighted by atomic mass is 32.2. The summed E-state index contributed by atoms with van der Waals surface area (Å²) in [5.74, 6) is 3.19. The lowest BCUT2D eigenvalue weighted by Crippen LogP contribution is -2.30. The van der Waals surface area contributed by atoms with Crippen molar-refractivity contribution >= 4 is 16.7 Å². The van der Waals surface area contributed by atoms with Crippen LogP contribution in [0.4, 0.5) is 0 Å². The van der Waals surface area contributed by atoms with Gasteiger partial charge in [0.2, 0.25) is 11.8 Å². The standard InChI is InChI=1S/C27H34N2O7S/c1-6-34-23-10-8-19(14-25(23)35-7-2)12-13-28-26(30)17-37(31)16-21-18(3)36-27(29-21)20-9-11-22(32-4)24(15-20)33-5/h8-11,14-15H,6-7,12-13,16-17H2,1-5H3,(H,28,30)/t37-/m0/s1. The molecule has 1 heterocycles. The number of carbonyl (C=O) groups is 1. The topological polar surface area (TPSA) is 109 Å². The maximum absolute atomic E-state index is 12.7. The van der Waals surface area contributed by atoms with E-state index in [0.717, 1.165) is 5.56 Å². The van der Waals surface area contributed by atoms with Crippen molar-refractivity contribution in [1.29, 1.82) is 0 Å². The zero-order valence-corrected chi connectivity index (χ0v) is 22.7. The molecule has 0 unspecified atom stereocenters. The Morgan fingerprint density at radius 3 is 2.38 bits per heavy atom. The minimum Gasteiger partial charge on any atom is -0.493 e. The minimum atomic E-state index is -1.44. The molecule has 0 saturated heterocycles. The van der Waals surface area contributed by atoms with Crippen molar-refractivity contribution in [1.82, 2.24) is 10.3 Å².